The van der Waals surface area contributed by atoms with Gasteiger partial charge in [0.15, 0.2) is 0 Å². The third-order valence-electron chi connectivity index (χ3n) is 1.81. The van der Waals surface area contributed by atoms with Gasteiger partial charge in [0, 0.05) is 0 Å². The zero-order chi connectivity index (χ0) is 9.14. The second-order valence-electron chi connectivity index (χ2n) is 2.74. The smallest absolute Gasteiger partial charge is 0.133 e. The number of hydrogen-bond donors (Lipinski definition) is 2. The second-order valence-corrected chi connectivity index (χ2v) is 3.54. The van der Waals surface area contributed by atoms with Crippen molar-refractivity contribution in [2.45, 2.75) is 13.3 Å². The Kier molecular flexibility index (Phi) is 3.12. The van der Waals surface area contributed by atoms with E-state index < -0.39 is 0 Å². The van der Waals surface area contributed by atoms with E-state index in [-0.39, 0.29) is 0 Å². The summed E-state index contributed by atoms with van der Waals surface area (Å²) in [7, 11) is 0. The van der Waals surface area contributed by atoms with Crippen molar-refractivity contribution >= 4 is 15.9 Å². The molecule has 1 aromatic carbocycles. The lowest BCUT2D eigenvalue weighted by Crippen LogP contribution is -2.03. The molecule has 3 heteroatoms. The van der Waals surface area contributed by atoms with Crippen LogP contribution in [0.1, 0.15) is 11.1 Å². The van der Waals surface area contributed by atoms with Gasteiger partial charge in [0.2, 0.25) is 0 Å². The molecular weight excluding hydrogens is 218 g/mol. The Hall–Kier alpha value is -0.540. The molecule has 0 fully saturated rings. The Morgan fingerprint density at radius 3 is 2.75 bits per heavy atom. The largest absolute Gasteiger partial charge is 0.506 e. The number of aryl methyl sites for hydroxylation is 1. The van der Waals surface area contributed by atoms with E-state index in [1.54, 1.807) is 0 Å². The Labute approximate surface area is 80.5 Å². The van der Waals surface area contributed by atoms with Gasteiger partial charge in [-0.05, 0) is 46.9 Å². The van der Waals surface area contributed by atoms with Crippen LogP contribution in [0.4, 0.5) is 0 Å². The van der Waals surface area contributed by atoms with E-state index in [4.69, 9.17) is 5.73 Å². The lowest BCUT2D eigenvalue weighted by atomic mass is 10.1. The number of aromatic hydroxyl groups is 1. The Morgan fingerprint density at radius 1 is 1.50 bits per heavy atom. The van der Waals surface area contributed by atoms with E-state index in [0.29, 0.717) is 18.7 Å². The number of hydrogen-bond acceptors (Lipinski definition) is 2. The second kappa shape index (κ2) is 3.92. The SMILES string of the molecule is Cc1ccc(CCN)c(O)c1Br. The van der Waals surface area contributed by atoms with Crippen LogP contribution in [-0.4, -0.2) is 11.7 Å². The van der Waals surface area contributed by atoms with E-state index in [2.05, 4.69) is 15.9 Å². The monoisotopic (exact) mass is 229 g/mol. The molecule has 1 aromatic rings. The molecule has 0 heterocycles. The minimum absolute atomic E-state index is 0.320. The summed E-state index contributed by atoms with van der Waals surface area (Å²) in [5.41, 5.74) is 7.32. The predicted octanol–water partition coefficient (Wildman–Crippen LogP) is 1.96. The minimum Gasteiger partial charge on any atom is -0.506 e. The first-order valence-electron chi connectivity index (χ1n) is 3.84. The number of rotatable bonds is 2. The van der Waals surface area contributed by atoms with E-state index >= 15 is 0 Å². The number of nitrogens with two attached hydrogens (primary N) is 1. The lowest BCUT2D eigenvalue weighted by molar-refractivity contribution is 0.464. The van der Waals surface area contributed by atoms with Crippen molar-refractivity contribution in [3.05, 3.63) is 27.7 Å². The maximum Gasteiger partial charge on any atom is 0.133 e. The van der Waals surface area contributed by atoms with Gasteiger partial charge in [0.05, 0.1) is 4.47 Å². The maximum atomic E-state index is 9.61. The zero-order valence-corrected chi connectivity index (χ0v) is 8.56. The number of phenolic OH excluding ortho intramolecular Hbond substituents is 1. The van der Waals surface area contributed by atoms with Crippen molar-refractivity contribution in [3.63, 3.8) is 0 Å². The van der Waals surface area contributed by atoms with Crippen LogP contribution in [0.2, 0.25) is 0 Å². The molecule has 0 radical (unpaired) electrons. The van der Waals surface area contributed by atoms with Crippen LogP contribution in [0.25, 0.3) is 0 Å². The summed E-state index contributed by atoms with van der Waals surface area (Å²) in [6, 6.07) is 3.87. The van der Waals surface area contributed by atoms with Gasteiger partial charge in [-0.2, -0.15) is 0 Å². The average Bonchev–Trinajstić information content (AvgIpc) is 2.07. The lowest BCUT2D eigenvalue weighted by Gasteiger charge is -2.06. The van der Waals surface area contributed by atoms with Crippen LogP contribution in [0, 0.1) is 6.92 Å². The van der Waals surface area contributed by atoms with Gasteiger partial charge in [-0.3, -0.25) is 0 Å². The Morgan fingerprint density at radius 2 is 2.17 bits per heavy atom. The van der Waals surface area contributed by atoms with E-state index in [0.717, 1.165) is 15.6 Å². The van der Waals surface area contributed by atoms with Gasteiger partial charge in [-0.1, -0.05) is 12.1 Å². The van der Waals surface area contributed by atoms with Crippen LogP contribution in [-0.2, 0) is 6.42 Å². The quantitative estimate of drug-likeness (QED) is 0.815. The Bertz CT molecular complexity index is 286. The number of halogens is 1. The summed E-state index contributed by atoms with van der Waals surface area (Å²) in [6.07, 6.45) is 0.713. The highest BCUT2D eigenvalue weighted by atomic mass is 79.9. The molecule has 0 atom stereocenters. The molecule has 0 unspecified atom stereocenters. The molecule has 2 nitrogen and oxygen atoms in total. The van der Waals surface area contributed by atoms with Crippen LogP contribution in [0.3, 0.4) is 0 Å². The summed E-state index contributed by atoms with van der Waals surface area (Å²) >= 11 is 3.31. The fraction of sp³-hybridized carbons (Fsp3) is 0.333. The van der Waals surface area contributed by atoms with Gasteiger partial charge in [0.25, 0.3) is 0 Å². The van der Waals surface area contributed by atoms with E-state index in [9.17, 15) is 5.11 Å². The van der Waals surface area contributed by atoms with Crippen molar-refractivity contribution in [1.82, 2.24) is 0 Å². The highest BCUT2D eigenvalue weighted by Gasteiger charge is 2.06. The third-order valence-corrected chi connectivity index (χ3v) is 2.81. The molecular formula is C9H12BrNO. The fourth-order valence-corrected chi connectivity index (χ4v) is 1.45. The van der Waals surface area contributed by atoms with E-state index in [1.165, 1.54) is 0 Å². The molecule has 0 saturated carbocycles. The van der Waals surface area contributed by atoms with Gasteiger partial charge >= 0.3 is 0 Å². The molecule has 0 spiro atoms. The molecule has 12 heavy (non-hydrogen) atoms. The Balaban J connectivity index is 3.08. The zero-order valence-electron chi connectivity index (χ0n) is 6.97. The molecule has 0 aliphatic rings. The van der Waals surface area contributed by atoms with Crippen molar-refractivity contribution in [1.29, 1.82) is 0 Å². The topological polar surface area (TPSA) is 46.2 Å². The third kappa shape index (κ3) is 1.79. The van der Waals surface area contributed by atoms with Gasteiger partial charge < -0.3 is 10.8 Å². The maximum absolute atomic E-state index is 9.61. The van der Waals surface area contributed by atoms with Gasteiger partial charge in [0.1, 0.15) is 5.75 Å². The summed E-state index contributed by atoms with van der Waals surface area (Å²) in [6.45, 7) is 2.50. The summed E-state index contributed by atoms with van der Waals surface area (Å²) in [5, 5.41) is 9.61. The summed E-state index contributed by atoms with van der Waals surface area (Å²) < 4.78 is 0.772. The van der Waals surface area contributed by atoms with Crippen molar-refractivity contribution in [2.75, 3.05) is 6.54 Å². The number of benzene rings is 1. The van der Waals surface area contributed by atoms with Crippen LogP contribution in [0.15, 0.2) is 16.6 Å². The first kappa shape index (κ1) is 9.55. The summed E-state index contributed by atoms with van der Waals surface area (Å²) in [4.78, 5) is 0. The molecule has 1 rings (SSSR count). The summed E-state index contributed by atoms with van der Waals surface area (Å²) in [5.74, 6) is 0.320. The molecule has 0 amide bonds. The molecule has 0 saturated heterocycles. The molecule has 0 aromatic heterocycles. The van der Waals surface area contributed by atoms with Crippen molar-refractivity contribution in [3.8, 4) is 5.75 Å². The standard InChI is InChI=1S/C9H12BrNO/c1-6-2-3-7(4-5-11)9(12)8(6)10/h2-3,12H,4-5,11H2,1H3. The van der Waals surface area contributed by atoms with Crippen LogP contribution in [0.5, 0.6) is 5.75 Å². The fourth-order valence-electron chi connectivity index (χ4n) is 1.06. The van der Waals surface area contributed by atoms with Gasteiger partial charge in [-0.15, -0.1) is 0 Å². The molecule has 0 bridgehead atoms. The van der Waals surface area contributed by atoms with Crippen LogP contribution >= 0.6 is 15.9 Å². The van der Waals surface area contributed by atoms with Crippen LogP contribution < -0.4 is 5.73 Å². The predicted molar refractivity (Wildman–Crippen MR) is 53.3 cm³/mol. The highest BCUT2D eigenvalue weighted by molar-refractivity contribution is 9.10. The molecule has 0 aliphatic heterocycles. The highest BCUT2D eigenvalue weighted by Crippen LogP contribution is 2.30. The average molecular weight is 230 g/mol. The van der Waals surface area contributed by atoms with Crippen molar-refractivity contribution in [2.24, 2.45) is 5.73 Å². The van der Waals surface area contributed by atoms with Crippen molar-refractivity contribution < 1.29 is 5.11 Å². The normalized spacial score (nSPS) is 10.2. The molecule has 0 aliphatic carbocycles. The first-order valence-corrected chi connectivity index (χ1v) is 4.63. The minimum atomic E-state index is 0.320. The molecule has 3 N–H and O–H groups in total. The van der Waals surface area contributed by atoms with Gasteiger partial charge in [-0.25, -0.2) is 0 Å². The number of phenols is 1. The first-order chi connectivity index (χ1) is 5.66. The molecule has 66 valence electrons. The van der Waals surface area contributed by atoms with E-state index in [1.807, 2.05) is 19.1 Å².